The van der Waals surface area contributed by atoms with Crippen molar-refractivity contribution in [1.29, 1.82) is 0 Å². The number of aliphatic hydroxyl groups excluding tert-OH is 1. The highest BCUT2D eigenvalue weighted by molar-refractivity contribution is 7.88. The molecule has 0 fully saturated rings. The van der Waals surface area contributed by atoms with Gasteiger partial charge in [-0.2, -0.15) is 21.6 Å². The Morgan fingerprint density at radius 3 is 1.79 bits per heavy atom. The van der Waals surface area contributed by atoms with Crippen molar-refractivity contribution in [1.82, 2.24) is 9.55 Å². The molecule has 6 rings (SSSR count). The topological polar surface area (TPSA) is 81.4 Å². The van der Waals surface area contributed by atoms with Gasteiger partial charge in [-0.3, -0.25) is 0 Å². The van der Waals surface area contributed by atoms with Crippen LogP contribution in [0.5, 0.6) is 5.75 Å². The second kappa shape index (κ2) is 12.7. The van der Waals surface area contributed by atoms with Crippen LogP contribution in [-0.2, 0) is 15.7 Å². The maximum absolute atomic E-state index is 13.6. The second-order valence-electron chi connectivity index (χ2n) is 11.3. The van der Waals surface area contributed by atoms with Crippen LogP contribution in [0.25, 0.3) is 10.8 Å². The fraction of sp³-hybridized carbons (Fsp3) is 0.162. The van der Waals surface area contributed by atoms with Gasteiger partial charge in [-0.25, -0.2) is 4.98 Å². The highest BCUT2D eigenvalue weighted by Gasteiger charge is 2.49. The molecule has 1 aromatic heterocycles. The van der Waals surface area contributed by atoms with Crippen molar-refractivity contribution in [3.63, 3.8) is 0 Å². The minimum Gasteiger partial charge on any atom is -0.396 e. The predicted molar refractivity (Wildman–Crippen MR) is 174 cm³/mol. The molecule has 1 heterocycles. The maximum atomic E-state index is 13.6. The molecule has 0 radical (unpaired) electrons. The lowest BCUT2D eigenvalue weighted by Gasteiger charge is -2.37. The molecule has 0 aliphatic rings. The summed E-state index contributed by atoms with van der Waals surface area (Å²) in [4.78, 5) is 4.82. The predicted octanol–water partition coefficient (Wildman–Crippen LogP) is 7.87. The zero-order valence-corrected chi connectivity index (χ0v) is 26.1. The van der Waals surface area contributed by atoms with E-state index in [4.69, 9.17) is 9.17 Å². The lowest BCUT2D eigenvalue weighted by molar-refractivity contribution is -0.0500. The molecule has 2 unspecified atom stereocenters. The molecule has 2 atom stereocenters. The van der Waals surface area contributed by atoms with Gasteiger partial charge in [-0.1, -0.05) is 128 Å². The zero-order valence-electron chi connectivity index (χ0n) is 25.2. The molecule has 0 saturated carbocycles. The Balaban J connectivity index is 1.63. The smallest absolute Gasteiger partial charge is 0.396 e. The third kappa shape index (κ3) is 5.79. The van der Waals surface area contributed by atoms with Crippen LogP contribution in [0.3, 0.4) is 0 Å². The van der Waals surface area contributed by atoms with Crippen LogP contribution in [-0.4, -0.2) is 35.2 Å². The average Bonchev–Trinajstić information content (AvgIpc) is 3.56. The van der Waals surface area contributed by atoms with Crippen LogP contribution >= 0.6 is 0 Å². The third-order valence-electron chi connectivity index (χ3n) is 8.46. The van der Waals surface area contributed by atoms with Gasteiger partial charge in [0.2, 0.25) is 0 Å². The van der Waals surface area contributed by atoms with Gasteiger partial charge >= 0.3 is 15.6 Å². The molecule has 5 aromatic carbocycles. The van der Waals surface area contributed by atoms with Crippen molar-refractivity contribution < 1.29 is 30.9 Å². The van der Waals surface area contributed by atoms with Crippen molar-refractivity contribution in [2.75, 3.05) is 6.61 Å². The van der Waals surface area contributed by atoms with Crippen molar-refractivity contribution in [2.24, 2.45) is 5.92 Å². The van der Waals surface area contributed by atoms with Crippen LogP contribution in [0.15, 0.2) is 140 Å². The number of hydrogen-bond acceptors (Lipinski definition) is 5. The van der Waals surface area contributed by atoms with Crippen molar-refractivity contribution in [3.8, 4) is 5.75 Å². The number of rotatable bonds is 10. The van der Waals surface area contributed by atoms with Crippen LogP contribution in [0.1, 0.15) is 40.8 Å². The van der Waals surface area contributed by atoms with Gasteiger partial charge < -0.3 is 13.9 Å². The Hall–Kier alpha value is -4.93. The number of aliphatic hydroxyl groups is 1. The van der Waals surface area contributed by atoms with E-state index in [9.17, 15) is 26.7 Å². The minimum atomic E-state index is -6.00. The first-order valence-electron chi connectivity index (χ1n) is 14.9. The number of aromatic nitrogens is 2. The van der Waals surface area contributed by atoms with Gasteiger partial charge in [0.15, 0.2) is 0 Å². The van der Waals surface area contributed by atoms with E-state index in [0.717, 1.165) is 16.7 Å². The Kier molecular flexibility index (Phi) is 8.65. The number of benzene rings is 5. The van der Waals surface area contributed by atoms with Gasteiger partial charge in [0, 0.05) is 24.3 Å². The van der Waals surface area contributed by atoms with Gasteiger partial charge in [0.05, 0.1) is 12.0 Å². The molecule has 0 amide bonds. The van der Waals surface area contributed by atoms with Gasteiger partial charge in [0.25, 0.3) is 0 Å². The van der Waals surface area contributed by atoms with E-state index in [-0.39, 0.29) is 12.2 Å². The zero-order chi connectivity index (χ0) is 33.2. The highest BCUT2D eigenvalue weighted by Crippen LogP contribution is 2.45. The first-order valence-corrected chi connectivity index (χ1v) is 16.3. The Labute approximate surface area is 270 Å². The van der Waals surface area contributed by atoms with Crippen molar-refractivity contribution in [2.45, 2.75) is 23.9 Å². The molecule has 47 heavy (non-hydrogen) atoms. The number of hydrogen-bond donors (Lipinski definition) is 1. The fourth-order valence-corrected chi connectivity index (χ4v) is 6.81. The molecule has 0 spiro atoms. The molecule has 0 bridgehead atoms. The maximum Gasteiger partial charge on any atom is 0.534 e. The first-order chi connectivity index (χ1) is 22.6. The summed E-state index contributed by atoms with van der Waals surface area (Å²) < 4.78 is 72.1. The SMILES string of the molecule is CC(CO)C(c1cn(C(c2ccccc2)(c2ccccc2)c2ccccc2)cn1)c1c(OS(=O)(=O)C(F)(F)F)ccc2ccccc12. The number of alkyl halides is 3. The standard InChI is InChI=1S/C37H31F3N2O4S/c1-26(24-43)34(35-31-20-12-11-13-27(31)21-22-33(35)46-47(44,45)37(38,39)40)32-23-42(25-41-32)36(28-14-5-2-6-15-28,29-16-7-3-8-17-29)30-18-9-4-10-19-30/h2-23,25-26,34,43H,24H2,1H3. The van der Waals surface area contributed by atoms with E-state index in [2.05, 4.69) is 0 Å². The van der Waals surface area contributed by atoms with E-state index in [1.807, 2.05) is 102 Å². The molecular formula is C37H31F3N2O4S. The molecule has 6 aromatic rings. The largest absolute Gasteiger partial charge is 0.534 e. The summed E-state index contributed by atoms with van der Waals surface area (Å²) in [5.74, 6) is -1.97. The summed E-state index contributed by atoms with van der Waals surface area (Å²) in [5.41, 5.74) is -3.21. The van der Waals surface area contributed by atoms with Gasteiger partial charge in [-0.15, -0.1) is 0 Å². The number of nitrogens with zero attached hydrogens (tertiary/aromatic N) is 2. The molecule has 240 valence electrons. The van der Waals surface area contributed by atoms with Gasteiger partial charge in [0.1, 0.15) is 11.3 Å². The molecule has 10 heteroatoms. The first kappa shape index (κ1) is 32.0. The third-order valence-corrected chi connectivity index (χ3v) is 9.43. The Morgan fingerprint density at radius 2 is 1.28 bits per heavy atom. The Bertz CT molecular complexity index is 1990. The van der Waals surface area contributed by atoms with E-state index in [1.54, 1.807) is 37.5 Å². The lowest BCUT2D eigenvalue weighted by Crippen LogP contribution is -2.37. The molecule has 6 nitrogen and oxygen atoms in total. The number of halogens is 3. The highest BCUT2D eigenvalue weighted by atomic mass is 32.2. The fourth-order valence-electron chi connectivity index (χ4n) is 6.33. The second-order valence-corrected chi connectivity index (χ2v) is 12.9. The quantitative estimate of drug-likeness (QED) is 0.0923. The normalized spacial score (nSPS) is 13.7. The number of imidazole rings is 1. The van der Waals surface area contributed by atoms with Crippen molar-refractivity contribution in [3.05, 3.63) is 168 Å². The summed E-state index contributed by atoms with van der Waals surface area (Å²) in [7, 11) is -6.00. The van der Waals surface area contributed by atoms with Crippen molar-refractivity contribution >= 4 is 20.9 Å². The summed E-state index contributed by atoms with van der Waals surface area (Å²) >= 11 is 0. The van der Waals surface area contributed by atoms with Crippen LogP contribution in [0.2, 0.25) is 0 Å². The van der Waals surface area contributed by atoms with Crippen LogP contribution < -0.4 is 4.18 Å². The number of fused-ring (bicyclic) bond motifs is 1. The molecule has 0 aliphatic carbocycles. The molecule has 0 aliphatic heterocycles. The minimum absolute atomic E-state index is 0.174. The molecule has 0 saturated heterocycles. The van der Waals surface area contributed by atoms with E-state index >= 15 is 0 Å². The van der Waals surface area contributed by atoms with E-state index < -0.39 is 38.8 Å². The lowest BCUT2D eigenvalue weighted by atomic mass is 9.76. The summed E-state index contributed by atoms with van der Waals surface area (Å²) in [5, 5.41) is 11.6. The van der Waals surface area contributed by atoms with Gasteiger partial charge in [-0.05, 0) is 39.4 Å². The average molecular weight is 657 g/mol. The van der Waals surface area contributed by atoms with E-state index in [0.29, 0.717) is 16.5 Å². The Morgan fingerprint density at radius 1 is 0.766 bits per heavy atom. The van der Waals surface area contributed by atoms with E-state index in [1.165, 1.54) is 12.1 Å². The van der Waals surface area contributed by atoms with Crippen LogP contribution in [0, 0.1) is 5.92 Å². The monoisotopic (exact) mass is 656 g/mol. The molecule has 1 N–H and O–H groups in total. The summed E-state index contributed by atoms with van der Waals surface area (Å²) in [6.07, 6.45) is 3.48. The van der Waals surface area contributed by atoms with Crippen LogP contribution in [0.4, 0.5) is 13.2 Å². The molecular weight excluding hydrogens is 625 g/mol. The summed E-state index contributed by atoms with van der Waals surface area (Å²) in [6.45, 7) is 1.36. The summed E-state index contributed by atoms with van der Waals surface area (Å²) in [6, 6.07) is 39.3.